The Labute approximate surface area is 145 Å². The SMILES string of the molecule is COc1ccc(CCN2CCCN(C(=O)OCC(C)C)CC2)cc1. The average Bonchev–Trinajstić information content (AvgIpc) is 2.84. The molecule has 0 bridgehead atoms. The molecule has 1 aliphatic heterocycles. The molecule has 1 amide bonds. The van der Waals surface area contributed by atoms with Gasteiger partial charge in [-0.1, -0.05) is 26.0 Å². The van der Waals surface area contributed by atoms with E-state index < -0.39 is 0 Å². The molecule has 5 heteroatoms. The molecular weight excluding hydrogens is 304 g/mol. The number of rotatable bonds is 6. The van der Waals surface area contributed by atoms with Crippen LogP contribution in [0.2, 0.25) is 0 Å². The number of carbonyl (C=O) groups excluding carboxylic acids is 1. The van der Waals surface area contributed by atoms with E-state index in [1.807, 2.05) is 17.0 Å². The van der Waals surface area contributed by atoms with Crippen LogP contribution in [0.25, 0.3) is 0 Å². The van der Waals surface area contributed by atoms with E-state index in [2.05, 4.69) is 30.9 Å². The van der Waals surface area contributed by atoms with Crippen molar-refractivity contribution in [2.75, 3.05) is 46.4 Å². The van der Waals surface area contributed by atoms with Gasteiger partial charge in [-0.25, -0.2) is 4.79 Å². The minimum atomic E-state index is -0.166. The molecule has 0 saturated carbocycles. The highest BCUT2D eigenvalue weighted by Gasteiger charge is 2.20. The topological polar surface area (TPSA) is 42.0 Å². The molecule has 5 nitrogen and oxygen atoms in total. The van der Waals surface area contributed by atoms with Gasteiger partial charge < -0.3 is 19.3 Å². The van der Waals surface area contributed by atoms with Crippen LogP contribution in [-0.2, 0) is 11.2 Å². The Morgan fingerprint density at radius 3 is 2.54 bits per heavy atom. The maximum Gasteiger partial charge on any atom is 0.409 e. The number of benzene rings is 1. The van der Waals surface area contributed by atoms with Gasteiger partial charge in [0.05, 0.1) is 13.7 Å². The summed E-state index contributed by atoms with van der Waals surface area (Å²) >= 11 is 0. The first-order valence-corrected chi connectivity index (χ1v) is 8.85. The molecule has 24 heavy (non-hydrogen) atoms. The molecule has 0 unspecified atom stereocenters. The molecule has 2 rings (SSSR count). The van der Waals surface area contributed by atoms with Crippen molar-refractivity contribution in [3.05, 3.63) is 29.8 Å². The van der Waals surface area contributed by atoms with Gasteiger partial charge in [-0.2, -0.15) is 0 Å². The van der Waals surface area contributed by atoms with Gasteiger partial charge in [-0.3, -0.25) is 0 Å². The van der Waals surface area contributed by atoms with Crippen LogP contribution in [0, 0.1) is 5.92 Å². The van der Waals surface area contributed by atoms with Crippen molar-refractivity contribution in [2.45, 2.75) is 26.7 Å². The number of hydrogen-bond donors (Lipinski definition) is 0. The predicted molar refractivity (Wildman–Crippen MR) is 95.5 cm³/mol. The molecule has 0 spiro atoms. The summed E-state index contributed by atoms with van der Waals surface area (Å²) in [5.41, 5.74) is 1.31. The summed E-state index contributed by atoms with van der Waals surface area (Å²) in [5.74, 6) is 1.27. The van der Waals surface area contributed by atoms with Crippen molar-refractivity contribution in [1.29, 1.82) is 0 Å². The molecule has 1 aromatic rings. The summed E-state index contributed by atoms with van der Waals surface area (Å²) in [6, 6.07) is 8.24. The maximum absolute atomic E-state index is 12.1. The van der Waals surface area contributed by atoms with Gasteiger partial charge in [0, 0.05) is 26.2 Å². The van der Waals surface area contributed by atoms with Crippen molar-refractivity contribution in [3.8, 4) is 5.75 Å². The quantitative estimate of drug-likeness (QED) is 0.802. The molecule has 0 aromatic heterocycles. The Bertz CT molecular complexity index is 502. The van der Waals surface area contributed by atoms with Crippen LogP contribution >= 0.6 is 0 Å². The summed E-state index contributed by atoms with van der Waals surface area (Å²) in [5, 5.41) is 0. The highest BCUT2D eigenvalue weighted by atomic mass is 16.6. The summed E-state index contributed by atoms with van der Waals surface area (Å²) in [4.78, 5) is 16.3. The number of ether oxygens (including phenoxy) is 2. The highest BCUT2D eigenvalue weighted by molar-refractivity contribution is 5.67. The van der Waals surface area contributed by atoms with Crippen LogP contribution in [0.3, 0.4) is 0 Å². The monoisotopic (exact) mass is 334 g/mol. The van der Waals surface area contributed by atoms with Crippen molar-refractivity contribution in [3.63, 3.8) is 0 Å². The first-order chi connectivity index (χ1) is 11.6. The molecule has 0 atom stereocenters. The smallest absolute Gasteiger partial charge is 0.409 e. The Kier molecular flexibility index (Phi) is 7.37. The van der Waals surface area contributed by atoms with Crippen LogP contribution in [-0.4, -0.2) is 62.3 Å². The molecular formula is C19H30N2O3. The van der Waals surface area contributed by atoms with E-state index in [0.717, 1.165) is 51.3 Å². The third-order valence-electron chi connectivity index (χ3n) is 4.26. The van der Waals surface area contributed by atoms with Gasteiger partial charge in [-0.05, 0) is 43.0 Å². The normalized spacial score (nSPS) is 16.1. The molecule has 1 aromatic carbocycles. The van der Waals surface area contributed by atoms with Gasteiger partial charge in [0.25, 0.3) is 0 Å². The second-order valence-corrected chi connectivity index (χ2v) is 6.75. The first-order valence-electron chi connectivity index (χ1n) is 8.85. The number of hydrogen-bond acceptors (Lipinski definition) is 4. The van der Waals surface area contributed by atoms with Crippen LogP contribution in [0.15, 0.2) is 24.3 Å². The third-order valence-corrected chi connectivity index (χ3v) is 4.26. The lowest BCUT2D eigenvalue weighted by molar-refractivity contribution is 0.0931. The molecule has 1 aliphatic rings. The standard InChI is InChI=1S/C19H30N2O3/c1-16(2)15-24-19(22)21-11-4-10-20(13-14-21)12-9-17-5-7-18(23-3)8-6-17/h5-8,16H,4,9-15H2,1-3H3. The zero-order chi connectivity index (χ0) is 17.4. The van der Waals surface area contributed by atoms with Crippen LogP contribution in [0.5, 0.6) is 5.75 Å². The van der Waals surface area contributed by atoms with Gasteiger partial charge >= 0.3 is 6.09 Å². The van der Waals surface area contributed by atoms with Gasteiger partial charge in [0.2, 0.25) is 0 Å². The molecule has 1 heterocycles. The summed E-state index contributed by atoms with van der Waals surface area (Å²) in [6.07, 6.45) is 1.85. The van der Waals surface area contributed by atoms with Crippen molar-refractivity contribution < 1.29 is 14.3 Å². The molecule has 0 N–H and O–H groups in total. The largest absolute Gasteiger partial charge is 0.497 e. The second-order valence-electron chi connectivity index (χ2n) is 6.75. The number of nitrogens with zero attached hydrogens (tertiary/aromatic N) is 2. The van der Waals surface area contributed by atoms with Crippen molar-refractivity contribution >= 4 is 6.09 Å². The fourth-order valence-corrected chi connectivity index (χ4v) is 2.79. The number of methoxy groups -OCH3 is 1. The number of carbonyl (C=O) groups is 1. The van der Waals surface area contributed by atoms with E-state index in [0.29, 0.717) is 12.5 Å². The molecule has 0 aliphatic carbocycles. The summed E-state index contributed by atoms with van der Waals surface area (Å²) in [6.45, 7) is 9.09. The molecule has 1 fully saturated rings. The molecule has 0 radical (unpaired) electrons. The summed E-state index contributed by atoms with van der Waals surface area (Å²) in [7, 11) is 1.68. The minimum absolute atomic E-state index is 0.166. The van der Waals surface area contributed by atoms with E-state index in [1.165, 1.54) is 5.56 Å². The Morgan fingerprint density at radius 2 is 1.88 bits per heavy atom. The number of amides is 1. The Hall–Kier alpha value is -1.75. The molecule has 134 valence electrons. The van der Waals surface area contributed by atoms with E-state index in [4.69, 9.17) is 9.47 Å². The van der Waals surface area contributed by atoms with E-state index in [-0.39, 0.29) is 6.09 Å². The Morgan fingerprint density at radius 1 is 1.12 bits per heavy atom. The van der Waals surface area contributed by atoms with Crippen LogP contribution in [0.1, 0.15) is 25.8 Å². The van der Waals surface area contributed by atoms with E-state index in [1.54, 1.807) is 7.11 Å². The minimum Gasteiger partial charge on any atom is -0.497 e. The van der Waals surface area contributed by atoms with E-state index in [9.17, 15) is 4.79 Å². The molecule has 1 saturated heterocycles. The lowest BCUT2D eigenvalue weighted by Gasteiger charge is -2.22. The van der Waals surface area contributed by atoms with Gasteiger partial charge in [-0.15, -0.1) is 0 Å². The van der Waals surface area contributed by atoms with Gasteiger partial charge in [0.15, 0.2) is 0 Å². The maximum atomic E-state index is 12.1. The fraction of sp³-hybridized carbons (Fsp3) is 0.632. The van der Waals surface area contributed by atoms with Crippen molar-refractivity contribution in [2.24, 2.45) is 5.92 Å². The lowest BCUT2D eigenvalue weighted by atomic mass is 10.1. The van der Waals surface area contributed by atoms with Gasteiger partial charge in [0.1, 0.15) is 5.75 Å². The first kappa shape index (κ1) is 18.6. The average molecular weight is 334 g/mol. The van der Waals surface area contributed by atoms with Crippen LogP contribution < -0.4 is 4.74 Å². The summed E-state index contributed by atoms with van der Waals surface area (Å²) < 4.78 is 10.5. The fourth-order valence-electron chi connectivity index (χ4n) is 2.79. The van der Waals surface area contributed by atoms with E-state index >= 15 is 0 Å². The Balaban J connectivity index is 1.75. The lowest BCUT2D eigenvalue weighted by Crippen LogP contribution is -2.36. The highest BCUT2D eigenvalue weighted by Crippen LogP contribution is 2.13. The van der Waals surface area contributed by atoms with Crippen molar-refractivity contribution in [1.82, 2.24) is 9.80 Å². The second kappa shape index (κ2) is 9.52. The zero-order valence-corrected chi connectivity index (χ0v) is 15.2. The van der Waals surface area contributed by atoms with Crippen LogP contribution in [0.4, 0.5) is 4.79 Å². The zero-order valence-electron chi connectivity index (χ0n) is 15.2. The predicted octanol–water partition coefficient (Wildman–Crippen LogP) is 3.04. The third kappa shape index (κ3) is 6.04.